The van der Waals surface area contributed by atoms with Crippen molar-refractivity contribution in [3.63, 3.8) is 0 Å². The quantitative estimate of drug-likeness (QED) is 0.220. The average molecular weight is 605 g/mol. The molecule has 2 aromatic heterocycles. The van der Waals surface area contributed by atoms with Gasteiger partial charge in [-0.15, -0.1) is 0 Å². The van der Waals surface area contributed by atoms with Gasteiger partial charge in [0.15, 0.2) is 17.4 Å². The molecule has 1 saturated heterocycles. The first kappa shape index (κ1) is 30.3. The second kappa shape index (κ2) is 12.1. The normalized spacial score (nSPS) is 17.8. The van der Waals surface area contributed by atoms with Crippen molar-refractivity contribution in [2.75, 3.05) is 28.9 Å². The Kier molecular flexibility index (Phi) is 8.91. The van der Waals surface area contributed by atoms with E-state index in [1.54, 1.807) is 13.0 Å². The van der Waals surface area contributed by atoms with Crippen molar-refractivity contribution in [3.8, 4) is 22.9 Å². The van der Waals surface area contributed by atoms with E-state index in [1.807, 2.05) is 0 Å². The van der Waals surface area contributed by atoms with Gasteiger partial charge in [0.05, 0.1) is 11.3 Å². The third-order valence-electron chi connectivity index (χ3n) is 6.07. The van der Waals surface area contributed by atoms with Crippen LogP contribution in [-0.2, 0) is 10.0 Å². The fraction of sp³-hybridized carbons (Fsp3) is 0.400. The third-order valence-corrected chi connectivity index (χ3v) is 7.39. The lowest BCUT2D eigenvalue weighted by Crippen LogP contribution is -2.44. The number of aryl methyl sites for hydroxylation is 1. The standard InChI is InChI=1S/C25H26F6N6O3S/c1-3-25(30,31)12-41(38,39)37-22-17(27)9-19(20(28)21(22)29)40-23-16(5-4-13(2)34-23)18-6-7-33-24(36-18)35-15-8-14(26)10-32-11-15/h4-7,9,14-15,32,37H,3,8,10-12H2,1-2H3,(H,33,35,36)/t14-,15-/m0/s1. The van der Waals surface area contributed by atoms with Gasteiger partial charge < -0.3 is 15.4 Å². The summed E-state index contributed by atoms with van der Waals surface area (Å²) in [5.74, 6) is -12.0. The Bertz CT molecular complexity index is 1530. The van der Waals surface area contributed by atoms with E-state index in [0.717, 1.165) is 6.92 Å². The van der Waals surface area contributed by atoms with E-state index in [4.69, 9.17) is 4.74 Å². The smallest absolute Gasteiger partial charge is 0.263 e. The highest BCUT2D eigenvalue weighted by Gasteiger charge is 2.35. The number of rotatable bonds is 10. The van der Waals surface area contributed by atoms with Crippen molar-refractivity contribution < 1.29 is 39.5 Å². The van der Waals surface area contributed by atoms with Crippen LogP contribution in [0.2, 0.25) is 0 Å². The molecule has 0 spiro atoms. The van der Waals surface area contributed by atoms with Crippen molar-refractivity contribution in [2.24, 2.45) is 0 Å². The van der Waals surface area contributed by atoms with Gasteiger partial charge in [0.1, 0.15) is 17.6 Å². The van der Waals surface area contributed by atoms with E-state index in [2.05, 4.69) is 25.6 Å². The van der Waals surface area contributed by atoms with Gasteiger partial charge in [0, 0.05) is 49.9 Å². The second-order valence-corrected chi connectivity index (χ2v) is 11.2. The van der Waals surface area contributed by atoms with Gasteiger partial charge in [-0.25, -0.2) is 45.3 Å². The third kappa shape index (κ3) is 7.55. The summed E-state index contributed by atoms with van der Waals surface area (Å²) in [6.45, 7) is 3.34. The Morgan fingerprint density at radius 1 is 1.12 bits per heavy atom. The number of piperidine rings is 1. The molecule has 0 unspecified atom stereocenters. The first-order valence-corrected chi connectivity index (χ1v) is 14.1. The molecule has 41 heavy (non-hydrogen) atoms. The molecular formula is C25H26F6N6O3S. The molecule has 3 N–H and O–H groups in total. The molecule has 222 valence electrons. The van der Waals surface area contributed by atoms with Crippen LogP contribution >= 0.6 is 0 Å². The van der Waals surface area contributed by atoms with Gasteiger partial charge in [-0.2, -0.15) is 4.39 Å². The lowest BCUT2D eigenvalue weighted by Gasteiger charge is -2.26. The summed E-state index contributed by atoms with van der Waals surface area (Å²) in [4.78, 5) is 12.7. The van der Waals surface area contributed by atoms with E-state index >= 15 is 0 Å². The van der Waals surface area contributed by atoms with Crippen LogP contribution in [0.4, 0.5) is 38.0 Å². The van der Waals surface area contributed by atoms with E-state index in [0.29, 0.717) is 18.3 Å². The van der Waals surface area contributed by atoms with Crippen LogP contribution in [0.5, 0.6) is 11.6 Å². The minimum absolute atomic E-state index is 0.156. The Morgan fingerprint density at radius 3 is 2.59 bits per heavy atom. The van der Waals surface area contributed by atoms with Crippen molar-refractivity contribution in [1.29, 1.82) is 0 Å². The van der Waals surface area contributed by atoms with Gasteiger partial charge >= 0.3 is 0 Å². The maximum atomic E-state index is 14.9. The molecule has 4 rings (SSSR count). The van der Waals surface area contributed by atoms with Gasteiger partial charge in [-0.3, -0.25) is 4.72 Å². The average Bonchev–Trinajstić information content (AvgIpc) is 2.89. The first-order chi connectivity index (χ1) is 19.3. The topological polar surface area (TPSA) is 118 Å². The summed E-state index contributed by atoms with van der Waals surface area (Å²) in [7, 11) is -4.95. The summed E-state index contributed by atoms with van der Waals surface area (Å²) in [5, 5.41) is 5.97. The molecule has 16 heteroatoms. The largest absolute Gasteiger partial charge is 0.435 e. The van der Waals surface area contributed by atoms with E-state index in [1.165, 1.54) is 23.1 Å². The molecule has 3 heterocycles. The van der Waals surface area contributed by atoms with Crippen LogP contribution in [0.3, 0.4) is 0 Å². The summed E-state index contributed by atoms with van der Waals surface area (Å²) in [6, 6.07) is 4.65. The number of halogens is 6. The molecule has 0 amide bonds. The Balaban J connectivity index is 1.62. The number of nitrogens with zero attached hydrogens (tertiary/aromatic N) is 3. The Labute approximate surface area is 231 Å². The van der Waals surface area contributed by atoms with E-state index < -0.39 is 63.2 Å². The minimum atomic E-state index is -4.95. The maximum absolute atomic E-state index is 14.9. The molecule has 0 saturated carbocycles. The van der Waals surface area contributed by atoms with Crippen LogP contribution in [0, 0.1) is 24.4 Å². The number of ether oxygens (including phenoxy) is 1. The molecule has 1 aromatic carbocycles. The van der Waals surface area contributed by atoms with E-state index in [-0.39, 0.29) is 42.1 Å². The van der Waals surface area contributed by atoms with Crippen molar-refractivity contribution in [1.82, 2.24) is 20.3 Å². The number of alkyl halides is 3. The zero-order chi connectivity index (χ0) is 29.9. The minimum Gasteiger partial charge on any atom is -0.435 e. The summed E-state index contributed by atoms with van der Waals surface area (Å²) in [6.07, 6.45) is -0.239. The zero-order valence-electron chi connectivity index (χ0n) is 21.8. The number of hydrogen-bond acceptors (Lipinski definition) is 8. The van der Waals surface area contributed by atoms with Crippen LogP contribution in [-0.4, -0.2) is 60.3 Å². The molecule has 0 aliphatic carbocycles. The lowest BCUT2D eigenvalue weighted by atomic mass is 10.1. The molecule has 3 aromatic rings. The Hall–Kier alpha value is -3.66. The lowest BCUT2D eigenvalue weighted by molar-refractivity contribution is 0.0219. The predicted octanol–water partition coefficient (Wildman–Crippen LogP) is 4.96. The highest BCUT2D eigenvalue weighted by Crippen LogP contribution is 2.36. The summed E-state index contributed by atoms with van der Waals surface area (Å²) >= 11 is 0. The number of pyridine rings is 1. The number of sulfonamides is 1. The summed E-state index contributed by atoms with van der Waals surface area (Å²) < 4.78 is 116. The fourth-order valence-electron chi connectivity index (χ4n) is 3.98. The zero-order valence-corrected chi connectivity index (χ0v) is 22.6. The molecule has 9 nitrogen and oxygen atoms in total. The van der Waals surface area contributed by atoms with E-state index in [9.17, 15) is 34.8 Å². The number of benzene rings is 1. The van der Waals surface area contributed by atoms with Crippen LogP contribution in [0.25, 0.3) is 11.3 Å². The van der Waals surface area contributed by atoms with Crippen LogP contribution in [0.1, 0.15) is 25.5 Å². The molecular weight excluding hydrogens is 578 g/mol. The van der Waals surface area contributed by atoms with Gasteiger partial charge in [0.25, 0.3) is 5.92 Å². The van der Waals surface area contributed by atoms with Crippen LogP contribution < -0.4 is 20.1 Å². The molecule has 1 aliphatic heterocycles. The number of nitrogens with one attached hydrogen (secondary N) is 3. The molecule has 1 aliphatic rings. The first-order valence-electron chi connectivity index (χ1n) is 12.4. The SMILES string of the molecule is CCC(F)(F)CS(=O)(=O)Nc1c(F)cc(Oc2nc(C)ccc2-c2ccnc(N[C@@H]3CNC[C@@H](F)C3)n2)c(F)c1F. The number of anilines is 2. The summed E-state index contributed by atoms with van der Waals surface area (Å²) in [5.41, 5.74) is -0.675. The van der Waals surface area contributed by atoms with Crippen molar-refractivity contribution >= 4 is 21.7 Å². The highest BCUT2D eigenvalue weighted by atomic mass is 32.2. The number of aromatic nitrogens is 3. The highest BCUT2D eigenvalue weighted by molar-refractivity contribution is 7.92. The molecule has 1 fully saturated rings. The van der Waals surface area contributed by atoms with Crippen LogP contribution in [0.15, 0.2) is 30.5 Å². The molecule has 0 bridgehead atoms. The predicted molar refractivity (Wildman–Crippen MR) is 139 cm³/mol. The Morgan fingerprint density at radius 2 is 1.88 bits per heavy atom. The molecule has 0 radical (unpaired) electrons. The second-order valence-electron chi connectivity index (χ2n) is 9.44. The molecule has 2 atom stereocenters. The fourth-order valence-corrected chi connectivity index (χ4v) is 5.31. The number of hydrogen-bond donors (Lipinski definition) is 3. The van der Waals surface area contributed by atoms with Gasteiger partial charge in [-0.05, 0) is 25.1 Å². The maximum Gasteiger partial charge on any atom is 0.263 e. The van der Waals surface area contributed by atoms with Crippen molar-refractivity contribution in [2.45, 2.75) is 44.8 Å². The van der Waals surface area contributed by atoms with Gasteiger partial charge in [-0.1, -0.05) is 6.92 Å². The monoisotopic (exact) mass is 604 g/mol. The van der Waals surface area contributed by atoms with Gasteiger partial charge in [0.2, 0.25) is 27.7 Å². The van der Waals surface area contributed by atoms with Crippen molar-refractivity contribution in [3.05, 3.63) is 53.6 Å².